The highest BCUT2D eigenvalue weighted by Gasteiger charge is 2.29. The fraction of sp³-hybridized carbons (Fsp3) is 0.526. The fourth-order valence-electron chi connectivity index (χ4n) is 4.12. The summed E-state index contributed by atoms with van der Waals surface area (Å²) in [4.78, 5) is 46.0. The summed E-state index contributed by atoms with van der Waals surface area (Å²) < 4.78 is 0. The van der Waals surface area contributed by atoms with E-state index in [-0.39, 0.29) is 23.4 Å². The molecular weight excluding hydrogens is 332 g/mol. The Hall–Kier alpha value is -2.57. The van der Waals surface area contributed by atoms with E-state index in [2.05, 4.69) is 9.97 Å². The fourth-order valence-corrected chi connectivity index (χ4v) is 4.12. The SMILES string of the molecule is O=C(c1ccc2[nH]c(=O)[nH]c2c1)N1CCCN(C(=O)C2CCCC2)CC1. The molecule has 1 aromatic heterocycles. The summed E-state index contributed by atoms with van der Waals surface area (Å²) in [5.74, 6) is 0.400. The molecule has 0 radical (unpaired) electrons. The molecule has 2 heterocycles. The van der Waals surface area contributed by atoms with E-state index in [0.717, 1.165) is 38.6 Å². The Morgan fingerprint density at radius 3 is 2.38 bits per heavy atom. The second kappa shape index (κ2) is 6.97. The molecule has 2 amide bonds. The highest BCUT2D eigenvalue weighted by molar-refractivity contribution is 5.97. The van der Waals surface area contributed by atoms with E-state index < -0.39 is 0 Å². The summed E-state index contributed by atoms with van der Waals surface area (Å²) in [6, 6.07) is 5.19. The third kappa shape index (κ3) is 3.25. The average molecular weight is 356 g/mol. The van der Waals surface area contributed by atoms with Crippen molar-refractivity contribution in [2.45, 2.75) is 32.1 Å². The summed E-state index contributed by atoms with van der Waals surface area (Å²) in [6.45, 7) is 2.53. The predicted octanol–water partition coefficient (Wildman–Crippen LogP) is 1.72. The van der Waals surface area contributed by atoms with Crippen LogP contribution in [0.1, 0.15) is 42.5 Å². The number of fused-ring (bicyclic) bond motifs is 1. The highest BCUT2D eigenvalue weighted by Crippen LogP contribution is 2.27. The first kappa shape index (κ1) is 16.9. The van der Waals surface area contributed by atoms with Crippen molar-refractivity contribution in [3.63, 3.8) is 0 Å². The Morgan fingerprint density at radius 2 is 1.58 bits per heavy atom. The van der Waals surface area contributed by atoms with Gasteiger partial charge in [0.25, 0.3) is 5.91 Å². The first-order valence-electron chi connectivity index (χ1n) is 9.42. The molecule has 26 heavy (non-hydrogen) atoms. The second-order valence-corrected chi connectivity index (χ2v) is 7.29. The van der Waals surface area contributed by atoms with Crippen molar-refractivity contribution in [3.05, 3.63) is 34.2 Å². The van der Waals surface area contributed by atoms with Crippen LogP contribution in [-0.4, -0.2) is 57.8 Å². The standard InChI is InChI=1S/C19H24N4O3/c24-17(13-4-1-2-5-13)22-8-3-9-23(11-10-22)18(25)14-6-7-15-16(12-14)21-19(26)20-15/h6-7,12-13H,1-5,8-11H2,(H2,20,21,26). The quantitative estimate of drug-likeness (QED) is 0.859. The summed E-state index contributed by atoms with van der Waals surface area (Å²) in [7, 11) is 0. The number of H-pyrrole nitrogens is 2. The topological polar surface area (TPSA) is 89.3 Å². The number of rotatable bonds is 2. The van der Waals surface area contributed by atoms with Crippen LogP contribution in [0.15, 0.2) is 23.0 Å². The molecule has 0 spiro atoms. The Morgan fingerprint density at radius 1 is 0.885 bits per heavy atom. The van der Waals surface area contributed by atoms with Crippen molar-refractivity contribution in [2.24, 2.45) is 5.92 Å². The van der Waals surface area contributed by atoms with Gasteiger partial charge in [0.1, 0.15) is 0 Å². The van der Waals surface area contributed by atoms with Crippen molar-refractivity contribution in [1.82, 2.24) is 19.8 Å². The number of carbonyl (C=O) groups excluding carboxylic acids is 2. The van der Waals surface area contributed by atoms with Crippen molar-refractivity contribution in [2.75, 3.05) is 26.2 Å². The van der Waals surface area contributed by atoms with E-state index >= 15 is 0 Å². The van der Waals surface area contributed by atoms with Crippen LogP contribution in [0.4, 0.5) is 0 Å². The number of imidazole rings is 1. The summed E-state index contributed by atoms with van der Waals surface area (Å²) in [5.41, 5.74) is 1.60. The number of aromatic amines is 2. The van der Waals surface area contributed by atoms with Crippen LogP contribution in [-0.2, 0) is 4.79 Å². The van der Waals surface area contributed by atoms with Crippen molar-refractivity contribution in [3.8, 4) is 0 Å². The molecule has 0 bridgehead atoms. The number of benzene rings is 1. The van der Waals surface area contributed by atoms with Crippen LogP contribution >= 0.6 is 0 Å². The first-order valence-corrected chi connectivity index (χ1v) is 9.42. The van der Waals surface area contributed by atoms with E-state index in [0.29, 0.717) is 36.2 Å². The molecular formula is C19H24N4O3. The van der Waals surface area contributed by atoms with Gasteiger partial charge in [0.2, 0.25) is 5.91 Å². The summed E-state index contributed by atoms with van der Waals surface area (Å²) >= 11 is 0. The van der Waals surface area contributed by atoms with Gasteiger partial charge in [-0.25, -0.2) is 4.79 Å². The molecule has 7 heteroatoms. The number of carbonyl (C=O) groups is 2. The molecule has 7 nitrogen and oxygen atoms in total. The molecule has 0 atom stereocenters. The maximum Gasteiger partial charge on any atom is 0.323 e. The lowest BCUT2D eigenvalue weighted by atomic mass is 10.1. The minimum atomic E-state index is -0.277. The van der Waals surface area contributed by atoms with Gasteiger partial charge in [0.05, 0.1) is 11.0 Å². The maximum atomic E-state index is 12.9. The summed E-state index contributed by atoms with van der Waals surface area (Å²) in [6.07, 6.45) is 5.12. The van der Waals surface area contributed by atoms with Gasteiger partial charge in [0.15, 0.2) is 0 Å². The first-order chi connectivity index (χ1) is 12.6. The van der Waals surface area contributed by atoms with Crippen molar-refractivity contribution in [1.29, 1.82) is 0 Å². The Kier molecular flexibility index (Phi) is 4.53. The molecule has 1 aromatic carbocycles. The largest absolute Gasteiger partial charge is 0.341 e. The molecule has 0 unspecified atom stereocenters. The lowest BCUT2D eigenvalue weighted by Gasteiger charge is -2.24. The van der Waals surface area contributed by atoms with E-state index in [1.807, 2.05) is 9.80 Å². The van der Waals surface area contributed by atoms with Gasteiger partial charge in [0, 0.05) is 37.7 Å². The van der Waals surface area contributed by atoms with Gasteiger partial charge in [-0.1, -0.05) is 12.8 Å². The maximum absolute atomic E-state index is 12.9. The van der Waals surface area contributed by atoms with Gasteiger partial charge in [-0.15, -0.1) is 0 Å². The van der Waals surface area contributed by atoms with E-state index in [1.165, 1.54) is 0 Å². The van der Waals surface area contributed by atoms with Crippen molar-refractivity contribution >= 4 is 22.8 Å². The zero-order valence-corrected chi connectivity index (χ0v) is 14.8. The van der Waals surface area contributed by atoms with Gasteiger partial charge in [-0.3, -0.25) is 9.59 Å². The lowest BCUT2D eigenvalue weighted by Crippen LogP contribution is -2.39. The molecule has 2 aliphatic rings. The molecule has 1 saturated heterocycles. The molecule has 1 aliphatic heterocycles. The number of nitrogens with zero attached hydrogens (tertiary/aromatic N) is 2. The highest BCUT2D eigenvalue weighted by atomic mass is 16.2. The second-order valence-electron chi connectivity index (χ2n) is 7.29. The normalized spacial score (nSPS) is 19.1. The predicted molar refractivity (Wildman–Crippen MR) is 98.0 cm³/mol. The Balaban J connectivity index is 1.44. The molecule has 2 aromatic rings. The molecule has 2 fully saturated rings. The lowest BCUT2D eigenvalue weighted by molar-refractivity contribution is -0.135. The number of hydrogen-bond donors (Lipinski definition) is 2. The van der Waals surface area contributed by atoms with Crippen molar-refractivity contribution < 1.29 is 9.59 Å². The van der Waals surface area contributed by atoms with Gasteiger partial charge >= 0.3 is 5.69 Å². The van der Waals surface area contributed by atoms with Crippen LogP contribution in [0, 0.1) is 5.92 Å². The third-order valence-electron chi connectivity index (χ3n) is 5.56. The van der Waals surface area contributed by atoms with Crippen LogP contribution in [0.3, 0.4) is 0 Å². The average Bonchev–Trinajstić information content (AvgIpc) is 3.23. The number of aromatic nitrogens is 2. The van der Waals surface area contributed by atoms with Crippen LogP contribution < -0.4 is 5.69 Å². The minimum Gasteiger partial charge on any atom is -0.341 e. The number of hydrogen-bond acceptors (Lipinski definition) is 3. The van der Waals surface area contributed by atoms with Crippen LogP contribution in [0.2, 0.25) is 0 Å². The zero-order chi connectivity index (χ0) is 18.1. The molecule has 1 aliphatic carbocycles. The smallest absolute Gasteiger partial charge is 0.323 e. The number of amides is 2. The van der Waals surface area contributed by atoms with E-state index in [4.69, 9.17) is 0 Å². The minimum absolute atomic E-state index is 0.0517. The Labute approximate surface area is 151 Å². The van der Waals surface area contributed by atoms with Gasteiger partial charge in [-0.05, 0) is 37.5 Å². The number of nitrogens with one attached hydrogen (secondary N) is 2. The van der Waals surface area contributed by atoms with Crippen LogP contribution in [0.5, 0.6) is 0 Å². The summed E-state index contributed by atoms with van der Waals surface area (Å²) in [5, 5.41) is 0. The third-order valence-corrected chi connectivity index (χ3v) is 5.56. The van der Waals surface area contributed by atoms with E-state index in [9.17, 15) is 14.4 Å². The molecule has 1 saturated carbocycles. The van der Waals surface area contributed by atoms with Crippen LogP contribution in [0.25, 0.3) is 11.0 Å². The van der Waals surface area contributed by atoms with Gasteiger partial charge < -0.3 is 19.8 Å². The molecule has 2 N–H and O–H groups in total. The molecule has 138 valence electrons. The monoisotopic (exact) mass is 356 g/mol. The van der Waals surface area contributed by atoms with Gasteiger partial charge in [-0.2, -0.15) is 0 Å². The molecule has 4 rings (SSSR count). The Bertz CT molecular complexity index is 878. The van der Waals surface area contributed by atoms with E-state index in [1.54, 1.807) is 18.2 Å². The zero-order valence-electron chi connectivity index (χ0n) is 14.8.